The molecule has 0 radical (unpaired) electrons. The van der Waals surface area contributed by atoms with Crippen LogP contribution in [0.3, 0.4) is 0 Å². The van der Waals surface area contributed by atoms with Crippen LogP contribution in [0.15, 0.2) is 48.5 Å². The lowest BCUT2D eigenvalue weighted by atomic mass is 9.85. The second-order valence-electron chi connectivity index (χ2n) is 9.55. The third-order valence-corrected chi connectivity index (χ3v) is 7.19. The molecular formula is C26H31N3O4. The average Bonchev–Trinajstić information content (AvgIpc) is 3.35. The molecule has 0 aliphatic carbocycles. The second kappa shape index (κ2) is 8.71. The van der Waals surface area contributed by atoms with Gasteiger partial charge in [-0.2, -0.15) is 0 Å². The smallest absolute Gasteiger partial charge is 0.327 e. The van der Waals surface area contributed by atoms with Crippen molar-refractivity contribution < 1.29 is 19.1 Å². The Kier molecular flexibility index (Phi) is 5.74. The molecule has 2 aromatic rings. The molecule has 2 fully saturated rings. The monoisotopic (exact) mass is 449 g/mol. The van der Waals surface area contributed by atoms with E-state index in [1.807, 2.05) is 36.4 Å². The van der Waals surface area contributed by atoms with Crippen LogP contribution in [0, 0.1) is 5.92 Å². The molecule has 2 aromatic carbocycles. The Labute approximate surface area is 194 Å². The number of likely N-dealkylation sites (tertiary alicyclic amines) is 1. The van der Waals surface area contributed by atoms with E-state index >= 15 is 0 Å². The third-order valence-electron chi connectivity index (χ3n) is 7.19. The van der Waals surface area contributed by atoms with Crippen LogP contribution in [-0.2, 0) is 17.8 Å². The number of imide groups is 1. The second-order valence-corrected chi connectivity index (χ2v) is 9.55. The highest BCUT2D eigenvalue weighted by atomic mass is 16.7. The van der Waals surface area contributed by atoms with Crippen molar-refractivity contribution in [3.05, 3.63) is 59.7 Å². The van der Waals surface area contributed by atoms with Crippen LogP contribution in [0.25, 0.3) is 0 Å². The summed E-state index contributed by atoms with van der Waals surface area (Å²) in [6.45, 7) is 5.60. The average molecular weight is 450 g/mol. The lowest BCUT2D eigenvalue weighted by molar-refractivity contribution is -0.135. The van der Waals surface area contributed by atoms with E-state index in [1.54, 1.807) is 11.9 Å². The predicted molar refractivity (Wildman–Crippen MR) is 124 cm³/mol. The molecule has 5 rings (SSSR count). The zero-order valence-electron chi connectivity index (χ0n) is 19.3. The number of rotatable bonds is 6. The first kappa shape index (κ1) is 21.8. The number of benzene rings is 2. The van der Waals surface area contributed by atoms with E-state index in [0.29, 0.717) is 32.1 Å². The van der Waals surface area contributed by atoms with E-state index in [4.69, 9.17) is 9.47 Å². The highest BCUT2D eigenvalue weighted by molar-refractivity contribution is 6.06. The van der Waals surface area contributed by atoms with E-state index < -0.39 is 5.54 Å². The maximum absolute atomic E-state index is 13.2. The summed E-state index contributed by atoms with van der Waals surface area (Å²) >= 11 is 0. The largest absolute Gasteiger partial charge is 0.454 e. The zero-order valence-corrected chi connectivity index (χ0v) is 19.3. The fourth-order valence-electron chi connectivity index (χ4n) is 5.43. The van der Waals surface area contributed by atoms with Gasteiger partial charge in [0, 0.05) is 33.2 Å². The Balaban J connectivity index is 1.22. The molecule has 0 saturated carbocycles. The van der Waals surface area contributed by atoms with Gasteiger partial charge in [0.2, 0.25) is 6.79 Å². The van der Waals surface area contributed by atoms with Crippen molar-refractivity contribution in [1.82, 2.24) is 14.7 Å². The number of amides is 3. The van der Waals surface area contributed by atoms with E-state index in [1.165, 1.54) is 10.5 Å². The number of urea groups is 1. The fourth-order valence-corrected chi connectivity index (χ4v) is 5.43. The third kappa shape index (κ3) is 4.06. The summed E-state index contributed by atoms with van der Waals surface area (Å²) < 4.78 is 10.9. The summed E-state index contributed by atoms with van der Waals surface area (Å²) in [5.74, 6) is 2.04. The van der Waals surface area contributed by atoms with Gasteiger partial charge in [-0.1, -0.05) is 43.3 Å². The molecule has 33 heavy (non-hydrogen) atoms. The molecule has 3 heterocycles. The van der Waals surface area contributed by atoms with E-state index in [9.17, 15) is 9.59 Å². The van der Waals surface area contributed by atoms with Crippen molar-refractivity contribution in [3.8, 4) is 11.5 Å². The van der Waals surface area contributed by atoms with Crippen LogP contribution in [0.5, 0.6) is 11.5 Å². The minimum absolute atomic E-state index is 0.0588. The summed E-state index contributed by atoms with van der Waals surface area (Å²) in [5.41, 5.74) is 1.57. The maximum atomic E-state index is 13.2. The summed E-state index contributed by atoms with van der Waals surface area (Å²) in [5, 5.41) is 0. The Morgan fingerprint density at radius 3 is 2.45 bits per heavy atom. The van der Waals surface area contributed by atoms with Gasteiger partial charge in [-0.05, 0) is 48.4 Å². The maximum Gasteiger partial charge on any atom is 0.327 e. The highest BCUT2D eigenvalue weighted by Gasteiger charge is 2.56. The van der Waals surface area contributed by atoms with E-state index in [2.05, 4.69) is 24.0 Å². The predicted octanol–water partition coefficient (Wildman–Crippen LogP) is 3.52. The normalized spacial score (nSPS) is 20.7. The van der Waals surface area contributed by atoms with Gasteiger partial charge in [0.05, 0.1) is 0 Å². The summed E-state index contributed by atoms with van der Waals surface area (Å²) in [4.78, 5) is 31.7. The van der Waals surface area contributed by atoms with Gasteiger partial charge in [0.25, 0.3) is 5.91 Å². The number of hydrogen-bond donors (Lipinski definition) is 0. The summed E-state index contributed by atoms with van der Waals surface area (Å²) in [7, 11) is 1.61. The van der Waals surface area contributed by atoms with Crippen LogP contribution < -0.4 is 9.47 Å². The molecule has 1 atom stereocenters. The summed E-state index contributed by atoms with van der Waals surface area (Å²) in [6.07, 6.45) is 2.30. The molecule has 174 valence electrons. The number of carbonyl (C=O) groups is 2. The number of likely N-dealkylation sites (N-methyl/N-ethyl adjacent to an activating group) is 1. The Morgan fingerprint density at radius 1 is 0.970 bits per heavy atom. The zero-order chi connectivity index (χ0) is 23.0. The SMILES string of the molecule is CC(Cc1ccc2c(c1)OCO2)CN1CCC2(CC1)C(=O)N(C)C(=O)N2Cc1ccccc1. The van der Waals surface area contributed by atoms with Crippen LogP contribution in [-0.4, -0.2) is 65.7 Å². The minimum Gasteiger partial charge on any atom is -0.454 e. The van der Waals surface area contributed by atoms with Crippen molar-refractivity contribution in [1.29, 1.82) is 0 Å². The van der Waals surface area contributed by atoms with Crippen molar-refractivity contribution >= 4 is 11.9 Å². The molecule has 3 amide bonds. The molecular weight excluding hydrogens is 418 g/mol. The molecule has 7 heteroatoms. The van der Waals surface area contributed by atoms with E-state index in [0.717, 1.165) is 43.1 Å². The van der Waals surface area contributed by atoms with Gasteiger partial charge in [-0.3, -0.25) is 9.69 Å². The van der Waals surface area contributed by atoms with Crippen LogP contribution in [0.2, 0.25) is 0 Å². The topological polar surface area (TPSA) is 62.3 Å². The van der Waals surface area contributed by atoms with Gasteiger partial charge < -0.3 is 19.3 Å². The molecule has 3 aliphatic rings. The quantitative estimate of drug-likeness (QED) is 0.632. The Hall–Kier alpha value is -3.06. The van der Waals surface area contributed by atoms with Crippen molar-refractivity contribution in [2.45, 2.75) is 38.3 Å². The Bertz CT molecular complexity index is 1030. The summed E-state index contributed by atoms with van der Waals surface area (Å²) in [6, 6.07) is 15.9. The van der Waals surface area contributed by atoms with Gasteiger partial charge in [0.15, 0.2) is 11.5 Å². The number of ether oxygens (including phenoxy) is 2. The van der Waals surface area contributed by atoms with Crippen molar-refractivity contribution in [3.63, 3.8) is 0 Å². The van der Waals surface area contributed by atoms with Gasteiger partial charge >= 0.3 is 6.03 Å². The van der Waals surface area contributed by atoms with Gasteiger partial charge in [0.1, 0.15) is 5.54 Å². The number of hydrogen-bond acceptors (Lipinski definition) is 5. The molecule has 0 aromatic heterocycles. The molecule has 3 aliphatic heterocycles. The highest BCUT2D eigenvalue weighted by Crippen LogP contribution is 2.38. The fraction of sp³-hybridized carbons (Fsp3) is 0.462. The van der Waals surface area contributed by atoms with Gasteiger partial charge in [-0.15, -0.1) is 0 Å². The Morgan fingerprint density at radius 2 is 1.70 bits per heavy atom. The van der Waals surface area contributed by atoms with Crippen molar-refractivity contribution in [2.75, 3.05) is 33.5 Å². The lowest BCUT2D eigenvalue weighted by Crippen LogP contribution is -2.56. The molecule has 0 N–H and O–H groups in total. The van der Waals surface area contributed by atoms with Gasteiger partial charge in [-0.25, -0.2) is 4.79 Å². The minimum atomic E-state index is -0.723. The number of piperidine rings is 1. The number of fused-ring (bicyclic) bond motifs is 1. The first-order chi connectivity index (χ1) is 16.0. The molecule has 0 bridgehead atoms. The molecule has 2 saturated heterocycles. The molecule has 1 spiro atoms. The van der Waals surface area contributed by atoms with Crippen molar-refractivity contribution in [2.24, 2.45) is 5.92 Å². The number of nitrogens with zero attached hydrogens (tertiary/aromatic N) is 3. The molecule has 1 unspecified atom stereocenters. The first-order valence-electron chi connectivity index (χ1n) is 11.7. The van der Waals surface area contributed by atoms with E-state index in [-0.39, 0.29) is 11.9 Å². The lowest BCUT2D eigenvalue weighted by Gasteiger charge is -2.42. The van der Waals surface area contributed by atoms with Crippen LogP contribution >= 0.6 is 0 Å². The number of carbonyl (C=O) groups excluding carboxylic acids is 2. The van der Waals surface area contributed by atoms with Crippen LogP contribution in [0.4, 0.5) is 4.79 Å². The molecule has 7 nitrogen and oxygen atoms in total. The van der Waals surface area contributed by atoms with Crippen LogP contribution in [0.1, 0.15) is 30.9 Å². The standard InChI is InChI=1S/C26H31N3O4/c1-19(14-21-8-9-22-23(15-21)33-18-32-22)16-28-12-10-26(11-13-28)24(30)27(2)25(31)29(26)17-20-6-4-3-5-7-20/h3-9,15,19H,10-14,16-18H2,1-2H3. The first-order valence-corrected chi connectivity index (χ1v) is 11.7.